The lowest BCUT2D eigenvalue weighted by molar-refractivity contribution is -0.126. The lowest BCUT2D eigenvalue weighted by Crippen LogP contribution is -2.42. The molecule has 7 nitrogen and oxygen atoms in total. The molecule has 1 fully saturated rings. The number of aryl methyl sites for hydroxylation is 3. The summed E-state index contributed by atoms with van der Waals surface area (Å²) in [6.07, 6.45) is 1.31. The van der Waals surface area contributed by atoms with Crippen molar-refractivity contribution in [1.29, 1.82) is 0 Å². The minimum atomic E-state index is -3.62. The van der Waals surface area contributed by atoms with Gasteiger partial charge in [0.05, 0.1) is 0 Å². The number of rotatable bonds is 6. The highest BCUT2D eigenvalue weighted by Crippen LogP contribution is 2.30. The van der Waals surface area contributed by atoms with Gasteiger partial charge < -0.3 is 9.84 Å². The minimum Gasteiger partial charge on any atom is -0.360 e. The molecule has 1 aromatic carbocycles. The van der Waals surface area contributed by atoms with Gasteiger partial charge in [-0.1, -0.05) is 41.9 Å². The molecule has 8 heteroatoms. The van der Waals surface area contributed by atoms with Crippen LogP contribution in [0.25, 0.3) is 0 Å². The summed E-state index contributed by atoms with van der Waals surface area (Å²) in [5.41, 5.74) is 2.64. The maximum Gasteiger partial charge on any atom is 0.248 e. The summed E-state index contributed by atoms with van der Waals surface area (Å²) in [6.45, 7) is 8.50. The van der Waals surface area contributed by atoms with Crippen molar-refractivity contribution in [2.45, 2.75) is 52.0 Å². The Bertz CT molecular complexity index is 939. The second-order valence-electron chi connectivity index (χ2n) is 7.89. The third kappa shape index (κ3) is 4.70. The van der Waals surface area contributed by atoms with Gasteiger partial charge in [-0.05, 0) is 45.1 Å². The Balaban J connectivity index is 1.55. The van der Waals surface area contributed by atoms with Crippen LogP contribution in [0.3, 0.4) is 0 Å². The monoisotopic (exact) mass is 419 g/mol. The predicted octanol–water partition coefficient (Wildman–Crippen LogP) is 2.95. The molecule has 1 saturated heterocycles. The van der Waals surface area contributed by atoms with E-state index in [0.29, 0.717) is 43.9 Å². The third-order valence-corrected chi connectivity index (χ3v) is 7.92. The fourth-order valence-corrected chi connectivity index (χ4v) is 5.62. The van der Waals surface area contributed by atoms with Gasteiger partial charge in [0, 0.05) is 25.6 Å². The van der Waals surface area contributed by atoms with E-state index in [4.69, 9.17) is 4.52 Å². The minimum absolute atomic E-state index is 0.0117. The number of hydrogen-bond donors (Lipinski definition) is 1. The second kappa shape index (κ2) is 8.67. The van der Waals surface area contributed by atoms with Gasteiger partial charge in [-0.2, -0.15) is 4.31 Å². The van der Waals surface area contributed by atoms with Crippen LogP contribution in [-0.4, -0.2) is 36.9 Å². The number of hydrogen-bond acceptors (Lipinski definition) is 5. The molecule has 2 heterocycles. The Morgan fingerprint density at radius 3 is 2.38 bits per heavy atom. The van der Waals surface area contributed by atoms with Crippen molar-refractivity contribution in [2.75, 3.05) is 13.1 Å². The van der Waals surface area contributed by atoms with Crippen LogP contribution in [0.2, 0.25) is 0 Å². The van der Waals surface area contributed by atoms with E-state index in [0.717, 1.165) is 5.56 Å². The Morgan fingerprint density at radius 2 is 1.83 bits per heavy atom. The van der Waals surface area contributed by atoms with Gasteiger partial charge in [0.25, 0.3) is 0 Å². The maximum absolute atomic E-state index is 12.9. The molecule has 0 saturated carbocycles. The normalized spacial score (nSPS) is 17.2. The molecule has 0 bridgehead atoms. The van der Waals surface area contributed by atoms with Crippen LogP contribution < -0.4 is 5.32 Å². The summed E-state index contributed by atoms with van der Waals surface area (Å²) < 4.78 is 32.4. The molecule has 1 atom stereocenters. The highest BCUT2D eigenvalue weighted by molar-refractivity contribution is 7.89. The van der Waals surface area contributed by atoms with Crippen molar-refractivity contribution in [3.05, 3.63) is 46.8 Å². The van der Waals surface area contributed by atoms with E-state index in [9.17, 15) is 13.2 Å². The van der Waals surface area contributed by atoms with E-state index in [1.807, 2.05) is 38.1 Å². The van der Waals surface area contributed by atoms with Crippen molar-refractivity contribution in [3.63, 3.8) is 0 Å². The van der Waals surface area contributed by atoms with Gasteiger partial charge in [0.15, 0.2) is 5.76 Å². The smallest absolute Gasteiger partial charge is 0.248 e. The van der Waals surface area contributed by atoms with Crippen molar-refractivity contribution in [1.82, 2.24) is 14.8 Å². The van der Waals surface area contributed by atoms with Crippen LogP contribution in [0.4, 0.5) is 0 Å². The number of sulfonamides is 1. The number of nitrogens with one attached hydrogen (secondary N) is 1. The zero-order valence-electron chi connectivity index (χ0n) is 17.4. The molecule has 2 aromatic rings. The summed E-state index contributed by atoms with van der Waals surface area (Å²) in [7, 11) is -3.62. The third-order valence-electron chi connectivity index (χ3n) is 5.77. The van der Waals surface area contributed by atoms with Crippen LogP contribution in [0.5, 0.6) is 0 Å². The number of carbonyl (C=O) groups is 1. The number of nitrogens with zero attached hydrogens (tertiary/aromatic N) is 2. The van der Waals surface area contributed by atoms with E-state index in [1.54, 1.807) is 13.8 Å². The average Bonchev–Trinajstić information content (AvgIpc) is 3.05. The number of benzene rings is 1. The first kappa shape index (κ1) is 21.5. The van der Waals surface area contributed by atoms with Crippen LogP contribution in [-0.2, 0) is 21.4 Å². The largest absolute Gasteiger partial charge is 0.360 e. The van der Waals surface area contributed by atoms with Gasteiger partial charge in [-0.3, -0.25) is 4.79 Å². The summed E-state index contributed by atoms with van der Waals surface area (Å²) in [5, 5.41) is 6.76. The second-order valence-corrected chi connectivity index (χ2v) is 9.76. The van der Waals surface area contributed by atoms with E-state index >= 15 is 0 Å². The molecule has 29 heavy (non-hydrogen) atoms. The fraction of sp³-hybridized carbons (Fsp3) is 0.524. The Labute approximate surface area is 172 Å². The fourth-order valence-electron chi connectivity index (χ4n) is 3.86. The van der Waals surface area contributed by atoms with Crippen molar-refractivity contribution < 1.29 is 17.7 Å². The quantitative estimate of drug-likeness (QED) is 0.777. The lowest BCUT2D eigenvalue weighted by atomic mass is 9.85. The molecule has 3 rings (SSSR count). The van der Waals surface area contributed by atoms with Crippen molar-refractivity contribution >= 4 is 15.9 Å². The Hall–Kier alpha value is -2.19. The Morgan fingerprint density at radius 1 is 1.21 bits per heavy atom. The first-order valence-corrected chi connectivity index (χ1v) is 11.4. The van der Waals surface area contributed by atoms with Crippen LogP contribution in [0.1, 0.15) is 42.3 Å². The number of carbonyl (C=O) groups excluding carboxylic acids is 1. The molecule has 1 aliphatic rings. The van der Waals surface area contributed by atoms with Crippen molar-refractivity contribution in [3.8, 4) is 0 Å². The number of aromatic nitrogens is 1. The zero-order valence-corrected chi connectivity index (χ0v) is 18.3. The van der Waals surface area contributed by atoms with Gasteiger partial charge in [0.1, 0.15) is 10.6 Å². The average molecular weight is 420 g/mol. The SMILES string of the molecule is Cc1ccc(CNC(=O)C(C)C2CCN(S(=O)(=O)c3c(C)noc3C)CC2)cc1. The molecule has 0 spiro atoms. The summed E-state index contributed by atoms with van der Waals surface area (Å²) in [4.78, 5) is 12.7. The maximum atomic E-state index is 12.9. The molecule has 158 valence electrons. The molecule has 1 unspecified atom stereocenters. The van der Waals surface area contributed by atoms with Gasteiger partial charge in [-0.25, -0.2) is 8.42 Å². The molecule has 0 radical (unpaired) electrons. The molecule has 1 aromatic heterocycles. The number of amides is 1. The van der Waals surface area contributed by atoms with Crippen LogP contribution in [0, 0.1) is 32.6 Å². The Kier molecular flexibility index (Phi) is 6.43. The summed E-state index contributed by atoms with van der Waals surface area (Å²) in [5.74, 6) is 0.319. The van der Waals surface area contributed by atoms with Gasteiger partial charge in [-0.15, -0.1) is 0 Å². The highest BCUT2D eigenvalue weighted by Gasteiger charge is 2.36. The molecule has 1 N–H and O–H groups in total. The topological polar surface area (TPSA) is 92.5 Å². The predicted molar refractivity (Wildman–Crippen MR) is 110 cm³/mol. The van der Waals surface area contributed by atoms with E-state index in [-0.39, 0.29) is 22.6 Å². The standard InChI is InChI=1S/C21H29N3O4S/c1-14-5-7-18(8-6-14)13-22-21(25)15(2)19-9-11-24(12-10-19)29(26,27)20-16(3)23-28-17(20)4/h5-8,15,19H,9-13H2,1-4H3,(H,22,25). The van der Waals surface area contributed by atoms with Crippen LogP contribution in [0.15, 0.2) is 33.7 Å². The summed E-state index contributed by atoms with van der Waals surface area (Å²) in [6, 6.07) is 8.08. The van der Waals surface area contributed by atoms with Gasteiger partial charge >= 0.3 is 0 Å². The first-order chi connectivity index (χ1) is 13.7. The highest BCUT2D eigenvalue weighted by atomic mass is 32.2. The molecular formula is C21H29N3O4S. The molecule has 1 amide bonds. The van der Waals surface area contributed by atoms with E-state index in [1.165, 1.54) is 9.87 Å². The first-order valence-electron chi connectivity index (χ1n) is 9.96. The van der Waals surface area contributed by atoms with E-state index < -0.39 is 10.0 Å². The summed E-state index contributed by atoms with van der Waals surface area (Å²) >= 11 is 0. The molecular weight excluding hydrogens is 390 g/mol. The lowest BCUT2D eigenvalue weighted by Gasteiger charge is -2.33. The zero-order chi connectivity index (χ0) is 21.2. The van der Waals surface area contributed by atoms with Crippen LogP contribution >= 0.6 is 0 Å². The number of piperidine rings is 1. The van der Waals surface area contributed by atoms with E-state index in [2.05, 4.69) is 10.5 Å². The molecule has 1 aliphatic heterocycles. The van der Waals surface area contributed by atoms with Crippen molar-refractivity contribution in [2.24, 2.45) is 11.8 Å². The van der Waals surface area contributed by atoms with Gasteiger partial charge in [0.2, 0.25) is 15.9 Å². The molecule has 0 aliphatic carbocycles.